The molecule has 2 aromatic rings. The summed E-state index contributed by atoms with van der Waals surface area (Å²) in [5, 5.41) is 10.7. The van der Waals surface area contributed by atoms with E-state index in [9.17, 15) is 9.50 Å². The van der Waals surface area contributed by atoms with Crippen molar-refractivity contribution >= 4 is 11.6 Å². The summed E-state index contributed by atoms with van der Waals surface area (Å²) >= 11 is 5.84. The summed E-state index contributed by atoms with van der Waals surface area (Å²) in [6.07, 6.45) is -0.691. The van der Waals surface area contributed by atoms with Crippen LogP contribution in [0.25, 0.3) is 0 Å². The van der Waals surface area contributed by atoms with Crippen LogP contribution in [-0.4, -0.2) is 11.9 Å². The Labute approximate surface area is 120 Å². The van der Waals surface area contributed by atoms with Crippen molar-refractivity contribution in [1.82, 2.24) is 0 Å². The van der Waals surface area contributed by atoms with Crippen LogP contribution in [0.5, 0.6) is 11.5 Å². The van der Waals surface area contributed by atoms with Crippen molar-refractivity contribution in [3.05, 3.63) is 58.4 Å². The quantitative estimate of drug-likeness (QED) is 0.942. The summed E-state index contributed by atoms with van der Waals surface area (Å²) in [5.74, 6) is 0.859. The first kappa shape index (κ1) is 13.2. The zero-order valence-corrected chi connectivity index (χ0v) is 11.2. The fraction of sp³-hybridized carbons (Fsp3) is 0.200. The average Bonchev–Trinajstić information content (AvgIpc) is 2.90. The lowest BCUT2D eigenvalue weighted by Gasteiger charge is -2.12. The predicted molar refractivity (Wildman–Crippen MR) is 72.6 cm³/mol. The minimum atomic E-state index is -0.836. The van der Waals surface area contributed by atoms with E-state index in [1.165, 1.54) is 18.2 Å². The lowest BCUT2D eigenvalue weighted by molar-refractivity contribution is 0.171. The van der Waals surface area contributed by atoms with Gasteiger partial charge in [-0.1, -0.05) is 17.7 Å². The topological polar surface area (TPSA) is 38.7 Å². The van der Waals surface area contributed by atoms with Gasteiger partial charge in [0.05, 0.1) is 6.10 Å². The molecule has 0 fully saturated rings. The van der Waals surface area contributed by atoms with E-state index in [4.69, 9.17) is 21.1 Å². The summed E-state index contributed by atoms with van der Waals surface area (Å²) < 4.78 is 24.1. The highest BCUT2D eigenvalue weighted by Crippen LogP contribution is 2.35. The minimum absolute atomic E-state index is 0.145. The van der Waals surface area contributed by atoms with Gasteiger partial charge in [-0.3, -0.25) is 0 Å². The molecule has 2 aromatic carbocycles. The molecule has 0 saturated heterocycles. The van der Waals surface area contributed by atoms with E-state index in [0.29, 0.717) is 27.6 Å². The smallest absolute Gasteiger partial charge is 0.231 e. The molecular formula is C15H12ClFO3. The van der Waals surface area contributed by atoms with Gasteiger partial charge in [0.15, 0.2) is 11.5 Å². The van der Waals surface area contributed by atoms with Gasteiger partial charge in [-0.15, -0.1) is 0 Å². The maximum Gasteiger partial charge on any atom is 0.231 e. The van der Waals surface area contributed by atoms with Crippen LogP contribution >= 0.6 is 11.6 Å². The molecule has 104 valence electrons. The van der Waals surface area contributed by atoms with Crippen molar-refractivity contribution < 1.29 is 19.0 Å². The van der Waals surface area contributed by atoms with Gasteiger partial charge in [-0.25, -0.2) is 4.39 Å². The largest absolute Gasteiger partial charge is 0.454 e. The number of benzene rings is 2. The van der Waals surface area contributed by atoms with Gasteiger partial charge < -0.3 is 14.6 Å². The van der Waals surface area contributed by atoms with Gasteiger partial charge in [0.1, 0.15) is 5.82 Å². The highest BCUT2D eigenvalue weighted by molar-refractivity contribution is 6.30. The van der Waals surface area contributed by atoms with Gasteiger partial charge in [-0.05, 0) is 41.5 Å². The molecule has 3 rings (SSSR count). The van der Waals surface area contributed by atoms with E-state index >= 15 is 0 Å². The number of aliphatic hydroxyl groups excluding tert-OH is 1. The van der Waals surface area contributed by atoms with Gasteiger partial charge in [0, 0.05) is 11.4 Å². The third kappa shape index (κ3) is 2.57. The maximum atomic E-state index is 13.7. The molecule has 0 aromatic heterocycles. The van der Waals surface area contributed by atoms with Gasteiger partial charge >= 0.3 is 0 Å². The third-order valence-electron chi connectivity index (χ3n) is 3.20. The van der Waals surface area contributed by atoms with E-state index in [-0.39, 0.29) is 19.0 Å². The van der Waals surface area contributed by atoms with Gasteiger partial charge in [-0.2, -0.15) is 0 Å². The molecular weight excluding hydrogens is 283 g/mol. The Morgan fingerprint density at radius 2 is 1.95 bits per heavy atom. The van der Waals surface area contributed by atoms with Crippen LogP contribution in [0.2, 0.25) is 5.02 Å². The molecule has 0 aliphatic carbocycles. The molecule has 0 bridgehead atoms. The second kappa shape index (κ2) is 5.31. The number of halogens is 2. The van der Waals surface area contributed by atoms with Gasteiger partial charge in [0.25, 0.3) is 0 Å². The Hall–Kier alpha value is -1.78. The zero-order chi connectivity index (χ0) is 14.1. The van der Waals surface area contributed by atoms with Crippen molar-refractivity contribution in [2.45, 2.75) is 12.5 Å². The Kier molecular flexibility index (Phi) is 3.51. The van der Waals surface area contributed by atoms with Crippen LogP contribution in [0.3, 0.4) is 0 Å². The number of fused-ring (bicyclic) bond motifs is 1. The summed E-state index contributed by atoms with van der Waals surface area (Å²) in [6, 6.07) is 9.47. The van der Waals surface area contributed by atoms with Crippen molar-refractivity contribution in [2.24, 2.45) is 0 Å². The number of aliphatic hydroxyl groups is 1. The molecule has 1 aliphatic rings. The molecule has 1 aliphatic heterocycles. The monoisotopic (exact) mass is 294 g/mol. The van der Waals surface area contributed by atoms with Crippen molar-refractivity contribution in [1.29, 1.82) is 0 Å². The Bertz CT molecular complexity index is 645. The highest BCUT2D eigenvalue weighted by atomic mass is 35.5. The first-order valence-corrected chi connectivity index (χ1v) is 6.53. The molecule has 1 N–H and O–H groups in total. The maximum absolute atomic E-state index is 13.7. The Morgan fingerprint density at radius 1 is 1.15 bits per heavy atom. The summed E-state index contributed by atoms with van der Waals surface area (Å²) in [7, 11) is 0. The summed E-state index contributed by atoms with van der Waals surface area (Å²) in [5.41, 5.74) is 1.02. The van der Waals surface area contributed by atoms with Crippen molar-refractivity contribution in [3.8, 4) is 11.5 Å². The fourth-order valence-electron chi connectivity index (χ4n) is 2.15. The molecule has 1 unspecified atom stereocenters. The molecule has 0 radical (unpaired) electrons. The second-order valence-electron chi connectivity index (χ2n) is 4.57. The fourth-order valence-corrected chi connectivity index (χ4v) is 2.34. The Balaban J connectivity index is 1.82. The molecule has 1 heterocycles. The Morgan fingerprint density at radius 3 is 2.80 bits per heavy atom. The first-order valence-electron chi connectivity index (χ1n) is 6.15. The van der Waals surface area contributed by atoms with Crippen LogP contribution in [0.1, 0.15) is 17.2 Å². The lowest BCUT2D eigenvalue weighted by atomic mass is 10.0. The first-order chi connectivity index (χ1) is 9.63. The zero-order valence-electron chi connectivity index (χ0n) is 10.5. The summed E-state index contributed by atoms with van der Waals surface area (Å²) in [6.45, 7) is 0.178. The van der Waals surface area contributed by atoms with E-state index in [1.54, 1.807) is 18.2 Å². The average molecular weight is 295 g/mol. The molecule has 20 heavy (non-hydrogen) atoms. The van der Waals surface area contributed by atoms with Crippen LogP contribution in [0.15, 0.2) is 36.4 Å². The predicted octanol–water partition coefficient (Wildman–Crippen LogP) is 3.48. The van der Waals surface area contributed by atoms with Gasteiger partial charge in [0.2, 0.25) is 6.79 Å². The van der Waals surface area contributed by atoms with E-state index in [0.717, 1.165) is 0 Å². The highest BCUT2D eigenvalue weighted by Gasteiger charge is 2.18. The van der Waals surface area contributed by atoms with E-state index in [2.05, 4.69) is 0 Å². The number of hydrogen-bond donors (Lipinski definition) is 1. The third-order valence-corrected chi connectivity index (χ3v) is 3.44. The van der Waals surface area contributed by atoms with Crippen molar-refractivity contribution in [2.75, 3.05) is 6.79 Å². The molecule has 0 saturated carbocycles. The number of hydrogen-bond acceptors (Lipinski definition) is 3. The summed E-state index contributed by atoms with van der Waals surface area (Å²) in [4.78, 5) is 0. The van der Waals surface area contributed by atoms with Crippen LogP contribution in [-0.2, 0) is 6.42 Å². The molecule has 5 heteroatoms. The second-order valence-corrected chi connectivity index (χ2v) is 5.00. The molecule has 0 amide bonds. The normalized spacial score (nSPS) is 14.3. The van der Waals surface area contributed by atoms with Crippen LogP contribution in [0, 0.1) is 5.82 Å². The number of ether oxygens (including phenoxy) is 2. The van der Waals surface area contributed by atoms with Crippen LogP contribution < -0.4 is 9.47 Å². The molecule has 0 spiro atoms. The molecule has 3 nitrogen and oxygen atoms in total. The van der Waals surface area contributed by atoms with E-state index < -0.39 is 6.10 Å². The van der Waals surface area contributed by atoms with E-state index in [1.807, 2.05) is 0 Å². The van der Waals surface area contributed by atoms with Crippen LogP contribution in [0.4, 0.5) is 4.39 Å². The lowest BCUT2D eigenvalue weighted by Crippen LogP contribution is -2.03. The van der Waals surface area contributed by atoms with Crippen molar-refractivity contribution in [3.63, 3.8) is 0 Å². The standard InChI is InChI=1S/C15H12ClFO3/c16-11-2-3-12(17)10(5-11)6-13(18)9-1-4-14-15(7-9)20-8-19-14/h1-5,7,13,18H,6,8H2. The SMILES string of the molecule is OC(Cc1cc(Cl)ccc1F)c1ccc2c(c1)OCO2. The molecule has 1 atom stereocenters. The number of rotatable bonds is 3. The minimum Gasteiger partial charge on any atom is -0.454 e.